The molecule has 13 heteroatoms. The maximum atomic E-state index is 12.3. The predicted octanol–water partition coefficient (Wildman–Crippen LogP) is 1.56. The number of nitrogens with zero attached hydrogens (tertiary/aromatic N) is 6. The smallest absolute Gasteiger partial charge is 0.271 e. The predicted molar refractivity (Wildman–Crippen MR) is 125 cm³/mol. The molecule has 0 atom stereocenters. The number of benzene rings is 1. The van der Waals surface area contributed by atoms with Crippen molar-refractivity contribution in [1.29, 1.82) is 0 Å². The number of sulfonamides is 1. The number of carbonyl (C=O) groups excluding carboxylic acids is 1. The van der Waals surface area contributed by atoms with Crippen LogP contribution < -0.4 is 20.1 Å². The molecule has 0 aliphatic carbocycles. The zero-order chi connectivity index (χ0) is 24.2. The molecule has 0 unspecified atom stereocenters. The van der Waals surface area contributed by atoms with Crippen LogP contribution >= 0.6 is 0 Å². The molecule has 4 heterocycles. The minimum Gasteiger partial charge on any atom is -0.479 e. The zero-order valence-electron chi connectivity index (χ0n) is 18.5. The minimum atomic E-state index is -3.39. The lowest BCUT2D eigenvalue weighted by atomic mass is 10.1. The number of primary amides is 1. The number of nitrogens with two attached hydrogens (primary N) is 1. The number of hydrogen-bond donors (Lipinski definition) is 2. The molecule has 0 fully saturated rings. The quantitative estimate of drug-likeness (QED) is 0.432. The molecule has 1 aliphatic rings. The van der Waals surface area contributed by atoms with Gasteiger partial charge in [0.15, 0.2) is 11.5 Å². The molecule has 34 heavy (non-hydrogen) atoms. The summed E-state index contributed by atoms with van der Waals surface area (Å²) >= 11 is 0. The second-order valence-electron chi connectivity index (χ2n) is 7.75. The summed E-state index contributed by atoms with van der Waals surface area (Å²) in [5.74, 6) is -0.714. The van der Waals surface area contributed by atoms with Crippen LogP contribution in [0.15, 0.2) is 36.9 Å². The van der Waals surface area contributed by atoms with Crippen molar-refractivity contribution in [3.05, 3.63) is 48.2 Å². The van der Waals surface area contributed by atoms with E-state index in [-0.39, 0.29) is 28.8 Å². The van der Waals surface area contributed by atoms with E-state index in [1.807, 2.05) is 11.6 Å². The van der Waals surface area contributed by atoms with Crippen LogP contribution in [0.3, 0.4) is 0 Å². The van der Waals surface area contributed by atoms with Gasteiger partial charge in [-0.15, -0.1) is 0 Å². The summed E-state index contributed by atoms with van der Waals surface area (Å²) in [6.07, 6.45) is 4.88. The molecule has 0 saturated heterocycles. The molecule has 0 radical (unpaired) electrons. The standard InChI is InChI=1S/C21H20N8O4S/c1-28-10-24-16-13(7-23-8-15(16)28)17-21(33-3)27-20(18(26-17)19(22)30)25-12-4-5-14-11(6-12)9-34(31,32)29(14)2/h4-8,10H,9H2,1-3H3,(H2,22,30)(H,25,27). The van der Waals surface area contributed by atoms with Crippen molar-refractivity contribution in [3.63, 3.8) is 0 Å². The van der Waals surface area contributed by atoms with Crippen LogP contribution in [0.1, 0.15) is 16.1 Å². The van der Waals surface area contributed by atoms with E-state index < -0.39 is 15.9 Å². The van der Waals surface area contributed by atoms with Crippen LogP contribution in [0.4, 0.5) is 17.2 Å². The second-order valence-corrected chi connectivity index (χ2v) is 9.75. The molecule has 3 N–H and O–H groups in total. The van der Waals surface area contributed by atoms with Crippen molar-refractivity contribution in [2.24, 2.45) is 12.8 Å². The van der Waals surface area contributed by atoms with Gasteiger partial charge in [0.1, 0.15) is 11.2 Å². The number of rotatable bonds is 5. The lowest BCUT2D eigenvalue weighted by molar-refractivity contribution is 0.0996. The van der Waals surface area contributed by atoms with Gasteiger partial charge in [-0.3, -0.25) is 14.1 Å². The van der Waals surface area contributed by atoms with Gasteiger partial charge in [0.05, 0.1) is 42.2 Å². The highest BCUT2D eigenvalue weighted by molar-refractivity contribution is 7.92. The highest BCUT2D eigenvalue weighted by atomic mass is 32.2. The lowest BCUT2D eigenvalue weighted by Crippen LogP contribution is -2.20. The summed E-state index contributed by atoms with van der Waals surface area (Å²) < 4.78 is 32.9. The van der Waals surface area contributed by atoms with Crippen LogP contribution in [0, 0.1) is 0 Å². The van der Waals surface area contributed by atoms with Crippen molar-refractivity contribution in [3.8, 4) is 17.1 Å². The number of amides is 1. The van der Waals surface area contributed by atoms with Gasteiger partial charge in [0, 0.05) is 26.0 Å². The Balaban J connectivity index is 1.60. The van der Waals surface area contributed by atoms with Crippen LogP contribution in [-0.2, 0) is 22.8 Å². The number of carbonyl (C=O) groups is 1. The van der Waals surface area contributed by atoms with E-state index in [4.69, 9.17) is 10.5 Å². The number of nitrogens with one attached hydrogen (secondary N) is 1. The van der Waals surface area contributed by atoms with Gasteiger partial charge < -0.3 is 20.4 Å². The van der Waals surface area contributed by atoms with E-state index in [1.54, 1.807) is 36.9 Å². The largest absolute Gasteiger partial charge is 0.479 e. The van der Waals surface area contributed by atoms with Crippen LogP contribution in [0.25, 0.3) is 22.3 Å². The summed E-state index contributed by atoms with van der Waals surface area (Å²) in [5, 5.41) is 3.02. The van der Waals surface area contributed by atoms with Gasteiger partial charge in [0.25, 0.3) is 5.91 Å². The van der Waals surface area contributed by atoms with Gasteiger partial charge in [-0.1, -0.05) is 0 Å². The summed E-state index contributed by atoms with van der Waals surface area (Å²) in [7, 11) is 1.39. The van der Waals surface area contributed by atoms with Crippen molar-refractivity contribution < 1.29 is 17.9 Å². The normalized spacial score (nSPS) is 14.3. The number of imidazole rings is 1. The second kappa shape index (κ2) is 7.66. The molecular formula is C21H20N8O4S. The number of pyridine rings is 1. The molecule has 4 aromatic rings. The fourth-order valence-corrected chi connectivity index (χ4v) is 5.17. The maximum Gasteiger partial charge on any atom is 0.271 e. The van der Waals surface area contributed by atoms with Crippen molar-refractivity contribution in [2.45, 2.75) is 5.75 Å². The molecule has 174 valence electrons. The van der Waals surface area contributed by atoms with Crippen molar-refractivity contribution in [1.82, 2.24) is 24.5 Å². The zero-order valence-corrected chi connectivity index (χ0v) is 19.3. The molecule has 0 spiro atoms. The van der Waals surface area contributed by atoms with Crippen LogP contribution in [0.5, 0.6) is 5.88 Å². The monoisotopic (exact) mass is 480 g/mol. The highest BCUT2D eigenvalue weighted by Gasteiger charge is 2.30. The fraction of sp³-hybridized carbons (Fsp3) is 0.190. The van der Waals surface area contributed by atoms with Gasteiger partial charge in [-0.05, 0) is 23.8 Å². The number of hydrogen-bond acceptors (Lipinski definition) is 9. The number of aryl methyl sites for hydroxylation is 1. The summed E-state index contributed by atoms with van der Waals surface area (Å²) in [5.41, 5.74) is 9.42. The summed E-state index contributed by atoms with van der Waals surface area (Å²) in [6, 6.07) is 5.04. The Kier molecular flexibility index (Phi) is 4.86. The Hall–Kier alpha value is -4.26. The minimum absolute atomic E-state index is 0.0726. The van der Waals surface area contributed by atoms with E-state index in [9.17, 15) is 13.2 Å². The molecule has 1 amide bonds. The fourth-order valence-electron chi connectivity index (χ4n) is 3.88. The highest BCUT2D eigenvalue weighted by Crippen LogP contribution is 2.36. The molecule has 0 bridgehead atoms. The topological polar surface area (TPSA) is 158 Å². The maximum absolute atomic E-state index is 12.3. The first-order valence-corrected chi connectivity index (χ1v) is 11.7. The van der Waals surface area contributed by atoms with Gasteiger partial charge in [0.2, 0.25) is 15.9 Å². The molecule has 1 aromatic carbocycles. The molecule has 1 aliphatic heterocycles. The lowest BCUT2D eigenvalue weighted by Gasteiger charge is -2.15. The van der Waals surface area contributed by atoms with Crippen molar-refractivity contribution in [2.75, 3.05) is 23.8 Å². The van der Waals surface area contributed by atoms with E-state index in [0.717, 1.165) is 5.52 Å². The average Bonchev–Trinajstić information content (AvgIpc) is 3.29. The Bertz CT molecular complexity index is 1580. The Morgan fingerprint density at radius 1 is 1.21 bits per heavy atom. The van der Waals surface area contributed by atoms with Gasteiger partial charge in [-0.25, -0.2) is 18.4 Å². The van der Waals surface area contributed by atoms with Crippen LogP contribution in [-0.4, -0.2) is 53.0 Å². The first-order valence-electron chi connectivity index (χ1n) is 10.1. The average molecular weight is 481 g/mol. The number of anilines is 3. The summed E-state index contributed by atoms with van der Waals surface area (Å²) in [6.45, 7) is 0. The number of methoxy groups -OCH3 is 1. The first-order chi connectivity index (χ1) is 16.2. The molecular weight excluding hydrogens is 460 g/mol. The van der Waals surface area contributed by atoms with E-state index in [2.05, 4.69) is 25.3 Å². The SMILES string of the molecule is COc1nc(Nc2ccc3c(c2)CS(=O)(=O)N3C)c(C(N)=O)nc1-c1cncc2c1ncn2C. The third-order valence-electron chi connectivity index (χ3n) is 5.62. The van der Waals surface area contributed by atoms with Crippen molar-refractivity contribution >= 4 is 44.2 Å². The van der Waals surface area contributed by atoms with E-state index >= 15 is 0 Å². The number of fused-ring (bicyclic) bond motifs is 2. The number of ether oxygens (including phenoxy) is 1. The van der Waals surface area contributed by atoms with E-state index in [1.165, 1.54) is 18.5 Å². The molecule has 0 saturated carbocycles. The Morgan fingerprint density at radius 2 is 2.00 bits per heavy atom. The summed E-state index contributed by atoms with van der Waals surface area (Å²) in [4.78, 5) is 29.8. The molecule has 5 rings (SSSR count). The molecule has 12 nitrogen and oxygen atoms in total. The number of aromatic nitrogens is 5. The molecule has 3 aromatic heterocycles. The van der Waals surface area contributed by atoms with Gasteiger partial charge in [-0.2, -0.15) is 4.98 Å². The third-order valence-corrected chi connectivity index (χ3v) is 7.33. The Morgan fingerprint density at radius 3 is 2.74 bits per heavy atom. The Labute approximate surface area is 194 Å². The first kappa shape index (κ1) is 21.6. The third kappa shape index (κ3) is 3.37. The van der Waals surface area contributed by atoms with E-state index in [0.29, 0.717) is 28.0 Å². The van der Waals surface area contributed by atoms with Gasteiger partial charge >= 0.3 is 0 Å². The van der Waals surface area contributed by atoms with Crippen LogP contribution in [0.2, 0.25) is 0 Å².